The van der Waals surface area contributed by atoms with Crippen LogP contribution in [0.1, 0.15) is 89.2 Å². The van der Waals surface area contributed by atoms with Gasteiger partial charge in [0.15, 0.2) is 17.9 Å². The van der Waals surface area contributed by atoms with E-state index >= 15 is 0 Å². The van der Waals surface area contributed by atoms with Crippen LogP contribution < -0.4 is 77.8 Å². The van der Waals surface area contributed by atoms with Crippen LogP contribution in [0.5, 0.6) is 5.75 Å². The molecule has 80 heavy (non-hydrogen) atoms. The number of phenols is 1. The van der Waals surface area contributed by atoms with Gasteiger partial charge in [-0.3, -0.25) is 53.3 Å². The van der Waals surface area contributed by atoms with Crippen molar-refractivity contribution in [3.8, 4) is 5.75 Å². The van der Waals surface area contributed by atoms with E-state index < -0.39 is 120 Å². The fourth-order valence-corrected chi connectivity index (χ4v) is 8.51. The predicted octanol–water partition coefficient (Wildman–Crippen LogP) is -4.43. The van der Waals surface area contributed by atoms with Crippen molar-refractivity contribution in [3.63, 3.8) is 0 Å². The summed E-state index contributed by atoms with van der Waals surface area (Å²) in [6.07, 6.45) is -0.120. The van der Waals surface area contributed by atoms with E-state index in [1.54, 1.807) is 44.2 Å². The summed E-state index contributed by atoms with van der Waals surface area (Å²) >= 11 is 0. The number of carbonyl (C=O) groups excluding carboxylic acids is 8. The third-order valence-corrected chi connectivity index (χ3v) is 12.7. The lowest BCUT2D eigenvalue weighted by Crippen LogP contribution is -2.60. The average Bonchev–Trinajstić information content (AvgIpc) is 3.94. The minimum absolute atomic E-state index is 0.00466. The quantitative estimate of drug-likeness (QED) is 0.0179. The molecule has 1 fully saturated rings. The molecule has 0 bridgehead atoms. The molecule has 1 aliphatic heterocycles. The Morgan fingerprint density at radius 1 is 0.575 bits per heavy atom. The number of hydrogen-bond acceptors (Lipinski definition) is 14. The van der Waals surface area contributed by atoms with Crippen LogP contribution >= 0.6 is 0 Å². The Kier molecular flexibility index (Phi) is 27.4. The lowest BCUT2D eigenvalue weighted by atomic mass is 10.0. The van der Waals surface area contributed by atoms with E-state index in [2.05, 4.69) is 46.9 Å². The highest BCUT2D eigenvalue weighted by atomic mass is 16.4. The predicted molar refractivity (Wildman–Crippen MR) is 297 cm³/mol. The standard InChI is InChI=1S/C51H80N18O11/c1-28(2)40(48(79)80)68-46(77)38-15-9-25-69(38)47(78)37(27-29-10-4-3-5-11-29)67-43(74)34(14-8-24-62-51(58)59)63-44(75)35(20-21-39(53)71)65-42(73)33(13-7-23-61-50(56)57)64-45(76)36(26-30-16-18-31(70)19-17-30)66-41(72)32(52)12-6-22-60-49(54)55/h3-5,10-11,16-19,28,32-38,40,70H,6-9,12-15,20-27,52H2,1-2H3,(H2,53,71)(H,63,75)(H,64,76)(H,65,73)(H,66,72)(H,67,74)(H,68,77)(H,79,80)(H4,54,55,60)(H4,56,57,61)(H4,58,59,62)/t32-,33-,34-,35-,36-,37-,38-,40-/m0/s1. The van der Waals surface area contributed by atoms with E-state index in [0.29, 0.717) is 24.0 Å². The molecule has 0 unspecified atom stereocenters. The molecule has 0 radical (unpaired) electrons. The second-order valence-corrected chi connectivity index (χ2v) is 19.6. The summed E-state index contributed by atoms with van der Waals surface area (Å²) in [7, 11) is 0. The molecule has 0 spiro atoms. The largest absolute Gasteiger partial charge is 0.508 e. The number of aliphatic imine (C=N–C) groups is 3. The molecule has 2 aromatic rings. The Hall–Kier alpha value is -8.76. The molecule has 24 N–H and O–H groups in total. The van der Waals surface area contributed by atoms with E-state index in [4.69, 9.17) is 45.9 Å². The molecule has 3 rings (SSSR count). The number of likely N-dealkylation sites (tertiary alicyclic amines) is 1. The summed E-state index contributed by atoms with van der Waals surface area (Å²) in [6, 6.07) is 3.79. The van der Waals surface area contributed by atoms with Crippen molar-refractivity contribution < 1.29 is 53.4 Å². The highest BCUT2D eigenvalue weighted by Crippen LogP contribution is 2.21. The molecular formula is C51H80N18O11. The topological polar surface area (TPSA) is 515 Å². The van der Waals surface area contributed by atoms with Crippen molar-refractivity contribution in [1.82, 2.24) is 36.8 Å². The summed E-state index contributed by atoms with van der Waals surface area (Å²) in [5.41, 5.74) is 45.8. The van der Waals surface area contributed by atoms with Crippen molar-refractivity contribution in [3.05, 3.63) is 65.7 Å². The first-order valence-electron chi connectivity index (χ1n) is 26.2. The Labute approximate surface area is 463 Å². The van der Waals surface area contributed by atoms with Gasteiger partial charge in [-0.15, -0.1) is 0 Å². The Morgan fingerprint density at radius 2 is 1.01 bits per heavy atom. The van der Waals surface area contributed by atoms with Crippen molar-refractivity contribution >= 4 is 71.1 Å². The van der Waals surface area contributed by atoms with Gasteiger partial charge in [-0.1, -0.05) is 56.3 Å². The first-order chi connectivity index (χ1) is 37.9. The molecule has 0 aromatic heterocycles. The summed E-state index contributed by atoms with van der Waals surface area (Å²) in [5, 5.41) is 35.4. The summed E-state index contributed by atoms with van der Waals surface area (Å²) < 4.78 is 0. The van der Waals surface area contributed by atoms with E-state index in [-0.39, 0.29) is 101 Å². The number of rotatable bonds is 34. The number of primary amides is 1. The number of aromatic hydroxyl groups is 1. The molecule has 1 aliphatic rings. The van der Waals surface area contributed by atoms with Gasteiger partial charge >= 0.3 is 5.97 Å². The van der Waals surface area contributed by atoms with Gasteiger partial charge in [-0.05, 0) is 87.0 Å². The highest BCUT2D eigenvalue weighted by Gasteiger charge is 2.40. The number of hydrogen-bond donors (Lipinski definition) is 16. The summed E-state index contributed by atoms with van der Waals surface area (Å²) in [4.78, 5) is 137. The zero-order valence-corrected chi connectivity index (χ0v) is 45.2. The van der Waals surface area contributed by atoms with Gasteiger partial charge < -0.3 is 92.9 Å². The van der Waals surface area contributed by atoms with Gasteiger partial charge in [-0.2, -0.15) is 0 Å². The van der Waals surface area contributed by atoms with Gasteiger partial charge in [0, 0.05) is 45.4 Å². The first-order valence-corrected chi connectivity index (χ1v) is 26.2. The lowest BCUT2D eigenvalue weighted by molar-refractivity contribution is -0.145. The molecule has 1 heterocycles. The molecule has 0 aliphatic carbocycles. The molecule has 8 amide bonds. The third kappa shape index (κ3) is 23.5. The van der Waals surface area contributed by atoms with Gasteiger partial charge in [-0.25, -0.2) is 4.79 Å². The van der Waals surface area contributed by atoms with E-state index in [9.17, 15) is 53.4 Å². The fraction of sp³-hybridized carbons (Fsp3) is 0.529. The minimum atomic E-state index is -1.60. The number of nitrogens with zero attached hydrogens (tertiary/aromatic N) is 4. The SMILES string of the molecule is CC(C)[C@H](NC(=O)[C@@H]1CCCN1C(=O)[C@H](Cc1ccccc1)NC(=O)[C@H](CCCN=C(N)N)NC(=O)[C@H](CCC(N)=O)NC(=O)[C@H](CCCN=C(N)N)NC(=O)[C@H](Cc1ccc(O)cc1)NC(=O)[C@@H](N)CCCN=C(N)N)C(=O)O. The van der Waals surface area contributed by atoms with Crippen molar-refractivity contribution in [2.24, 2.45) is 66.8 Å². The number of phenolic OH excluding ortho intramolecular Hbond substituents is 1. The number of guanidine groups is 3. The number of carboxylic acid groups (broad SMARTS) is 1. The molecule has 29 heteroatoms. The number of aliphatic carboxylic acids is 1. The van der Waals surface area contributed by atoms with Gasteiger partial charge in [0.05, 0.1) is 6.04 Å². The van der Waals surface area contributed by atoms with Crippen LogP contribution in [0, 0.1) is 5.92 Å². The monoisotopic (exact) mass is 1120 g/mol. The zero-order valence-electron chi connectivity index (χ0n) is 45.2. The fourth-order valence-electron chi connectivity index (χ4n) is 8.51. The first kappa shape index (κ1) is 65.5. The van der Waals surface area contributed by atoms with Crippen LogP contribution in [-0.2, 0) is 56.0 Å². The number of carboxylic acids is 1. The lowest BCUT2D eigenvalue weighted by Gasteiger charge is -2.31. The number of benzene rings is 2. The van der Waals surface area contributed by atoms with E-state index in [1.807, 2.05) is 0 Å². The van der Waals surface area contributed by atoms with Gasteiger partial charge in [0.1, 0.15) is 48.0 Å². The molecule has 2 aromatic carbocycles. The Bertz CT molecular complexity index is 2500. The number of nitrogens with one attached hydrogen (secondary N) is 6. The van der Waals surface area contributed by atoms with Crippen LogP contribution in [0.2, 0.25) is 0 Å². The van der Waals surface area contributed by atoms with Gasteiger partial charge in [0.25, 0.3) is 0 Å². The maximum Gasteiger partial charge on any atom is 0.326 e. The number of carbonyl (C=O) groups is 9. The average molecular weight is 1120 g/mol. The molecule has 29 nitrogen and oxygen atoms in total. The maximum atomic E-state index is 14.6. The number of nitrogens with two attached hydrogens (primary N) is 8. The maximum absolute atomic E-state index is 14.6. The van der Waals surface area contributed by atoms with E-state index in [1.165, 1.54) is 29.2 Å². The Morgan fingerprint density at radius 3 is 1.49 bits per heavy atom. The smallest absolute Gasteiger partial charge is 0.326 e. The highest BCUT2D eigenvalue weighted by molar-refractivity contribution is 5.98. The summed E-state index contributed by atoms with van der Waals surface area (Å²) in [5.74, 6) is -9.04. The second-order valence-electron chi connectivity index (χ2n) is 19.6. The van der Waals surface area contributed by atoms with Crippen molar-refractivity contribution in [2.75, 3.05) is 26.2 Å². The minimum Gasteiger partial charge on any atom is -0.508 e. The summed E-state index contributed by atoms with van der Waals surface area (Å²) in [6.45, 7) is 3.53. The van der Waals surface area contributed by atoms with Crippen molar-refractivity contribution in [1.29, 1.82) is 0 Å². The molecule has 440 valence electrons. The van der Waals surface area contributed by atoms with Crippen molar-refractivity contribution in [2.45, 2.75) is 139 Å². The Balaban J connectivity index is 2.00. The van der Waals surface area contributed by atoms with Crippen LogP contribution in [-0.4, -0.2) is 161 Å². The second kappa shape index (κ2) is 33.5. The van der Waals surface area contributed by atoms with Gasteiger partial charge in [0.2, 0.25) is 47.3 Å². The molecule has 8 atom stereocenters. The third-order valence-electron chi connectivity index (χ3n) is 12.7. The van der Waals surface area contributed by atoms with Crippen LogP contribution in [0.3, 0.4) is 0 Å². The van der Waals surface area contributed by atoms with Crippen LogP contribution in [0.15, 0.2) is 69.6 Å². The molecular weight excluding hydrogens is 1040 g/mol. The van der Waals surface area contributed by atoms with Crippen LogP contribution in [0.25, 0.3) is 0 Å². The zero-order chi connectivity index (χ0) is 59.5. The number of amides is 8. The normalized spacial score (nSPS) is 15.4. The molecule has 0 saturated carbocycles. The van der Waals surface area contributed by atoms with E-state index in [0.717, 1.165) is 0 Å². The molecule has 1 saturated heterocycles. The van der Waals surface area contributed by atoms with Crippen LogP contribution in [0.4, 0.5) is 0 Å².